The molecule has 1 N–H and O–H groups in total. The highest BCUT2D eigenvalue weighted by Crippen LogP contribution is 2.19. The first-order valence-corrected chi connectivity index (χ1v) is 5.30. The van der Waals surface area contributed by atoms with Crippen molar-refractivity contribution in [3.63, 3.8) is 0 Å². The van der Waals surface area contributed by atoms with Gasteiger partial charge in [-0.1, -0.05) is 13.3 Å². The van der Waals surface area contributed by atoms with E-state index in [4.69, 9.17) is 9.84 Å². The van der Waals surface area contributed by atoms with Crippen molar-refractivity contribution >= 4 is 6.09 Å². The summed E-state index contributed by atoms with van der Waals surface area (Å²) in [5.41, 5.74) is 0. The molecule has 4 heteroatoms. The first-order chi connectivity index (χ1) is 6.77. The fourth-order valence-corrected chi connectivity index (χ4v) is 1.48. The summed E-state index contributed by atoms with van der Waals surface area (Å²) in [7, 11) is 0. The van der Waals surface area contributed by atoms with Crippen molar-refractivity contribution in [1.29, 1.82) is 0 Å². The minimum atomic E-state index is -0.201. The van der Waals surface area contributed by atoms with Crippen molar-refractivity contribution in [3.8, 4) is 0 Å². The lowest BCUT2D eigenvalue weighted by molar-refractivity contribution is 0.0451. The lowest BCUT2D eigenvalue weighted by atomic mass is 9.98. The molecule has 0 spiro atoms. The van der Waals surface area contributed by atoms with Gasteiger partial charge in [-0.2, -0.15) is 0 Å². The molecular weight excluding hydrogens is 182 g/mol. The Morgan fingerprint density at radius 1 is 1.57 bits per heavy atom. The first kappa shape index (κ1) is 11.3. The molecule has 82 valence electrons. The van der Waals surface area contributed by atoms with Crippen molar-refractivity contribution in [3.05, 3.63) is 0 Å². The zero-order chi connectivity index (χ0) is 10.4. The van der Waals surface area contributed by atoms with Crippen LogP contribution in [-0.4, -0.2) is 42.4 Å². The summed E-state index contributed by atoms with van der Waals surface area (Å²) in [5.74, 6) is 0.471. The van der Waals surface area contributed by atoms with Crippen LogP contribution in [0, 0.1) is 5.92 Å². The largest absolute Gasteiger partial charge is 0.449 e. The summed E-state index contributed by atoms with van der Waals surface area (Å²) in [4.78, 5) is 13.0. The average molecular weight is 201 g/mol. The Morgan fingerprint density at radius 3 is 2.86 bits per heavy atom. The van der Waals surface area contributed by atoms with E-state index in [9.17, 15) is 4.79 Å². The monoisotopic (exact) mass is 201 g/mol. The molecule has 14 heavy (non-hydrogen) atoms. The molecule has 0 aromatic carbocycles. The maximum Gasteiger partial charge on any atom is 0.409 e. The molecular formula is C10H19NO3. The Balaban J connectivity index is 2.04. The number of carbonyl (C=O) groups excluding carboxylic acids is 1. The number of rotatable bonds is 5. The zero-order valence-corrected chi connectivity index (χ0v) is 8.74. The van der Waals surface area contributed by atoms with Crippen LogP contribution in [0.15, 0.2) is 0 Å². The first-order valence-electron chi connectivity index (χ1n) is 5.30. The summed E-state index contributed by atoms with van der Waals surface area (Å²) >= 11 is 0. The van der Waals surface area contributed by atoms with Crippen LogP contribution in [0.5, 0.6) is 0 Å². The third-order valence-corrected chi connectivity index (χ3v) is 2.48. The molecule has 1 aliphatic heterocycles. The van der Waals surface area contributed by atoms with Crippen molar-refractivity contribution < 1.29 is 14.6 Å². The van der Waals surface area contributed by atoms with Crippen molar-refractivity contribution in [1.82, 2.24) is 4.90 Å². The fourth-order valence-electron chi connectivity index (χ4n) is 1.48. The molecule has 0 radical (unpaired) electrons. The summed E-state index contributed by atoms with van der Waals surface area (Å²) in [6.45, 7) is 4.28. The summed E-state index contributed by atoms with van der Waals surface area (Å²) in [5, 5.41) is 8.67. The summed E-state index contributed by atoms with van der Waals surface area (Å²) < 4.78 is 5.04. The normalized spacial score (nSPS) is 16.6. The molecule has 1 amide bonds. The molecule has 0 aliphatic carbocycles. The number of aliphatic hydroxyl groups is 1. The minimum absolute atomic E-state index is 0.201. The van der Waals surface area contributed by atoms with Crippen molar-refractivity contribution in [2.24, 2.45) is 5.92 Å². The van der Waals surface area contributed by atoms with E-state index < -0.39 is 0 Å². The number of likely N-dealkylation sites (tertiary alicyclic amines) is 1. The molecule has 0 unspecified atom stereocenters. The lowest BCUT2D eigenvalue weighted by Gasteiger charge is -2.38. The SMILES string of the molecule is CCCCOC(=O)N1CC(CCO)C1. The minimum Gasteiger partial charge on any atom is -0.449 e. The summed E-state index contributed by atoms with van der Waals surface area (Å²) in [6.07, 6.45) is 2.56. The number of carbonyl (C=O) groups is 1. The highest BCUT2D eigenvalue weighted by molar-refractivity contribution is 5.68. The lowest BCUT2D eigenvalue weighted by Crippen LogP contribution is -2.50. The Labute approximate surface area is 84.8 Å². The Bertz CT molecular complexity index is 178. The maximum atomic E-state index is 11.3. The van der Waals surface area contributed by atoms with Gasteiger partial charge in [-0.3, -0.25) is 0 Å². The van der Waals surface area contributed by atoms with Crippen LogP contribution < -0.4 is 0 Å². The number of amides is 1. The van der Waals surface area contributed by atoms with Crippen LogP contribution in [0.4, 0.5) is 4.79 Å². The molecule has 4 nitrogen and oxygen atoms in total. The van der Waals surface area contributed by atoms with Gasteiger partial charge < -0.3 is 14.7 Å². The number of hydrogen-bond acceptors (Lipinski definition) is 3. The van der Waals surface area contributed by atoms with Crippen LogP contribution in [-0.2, 0) is 4.74 Å². The predicted molar refractivity (Wildman–Crippen MR) is 53.0 cm³/mol. The Kier molecular flexibility index (Phi) is 4.73. The van der Waals surface area contributed by atoms with Gasteiger partial charge in [0.15, 0.2) is 0 Å². The smallest absolute Gasteiger partial charge is 0.409 e. The molecule has 1 rings (SSSR count). The Hall–Kier alpha value is -0.770. The van der Waals surface area contributed by atoms with Crippen LogP contribution >= 0.6 is 0 Å². The third kappa shape index (κ3) is 3.18. The maximum absolute atomic E-state index is 11.3. The number of hydrogen-bond donors (Lipinski definition) is 1. The third-order valence-electron chi connectivity index (χ3n) is 2.48. The second-order valence-corrected chi connectivity index (χ2v) is 3.75. The number of unbranched alkanes of at least 4 members (excludes halogenated alkanes) is 1. The van der Waals surface area contributed by atoms with E-state index in [1.807, 2.05) is 0 Å². The van der Waals surface area contributed by atoms with E-state index in [-0.39, 0.29) is 12.7 Å². The van der Waals surface area contributed by atoms with Crippen LogP contribution in [0.1, 0.15) is 26.2 Å². The predicted octanol–water partition coefficient (Wildman–Crippen LogP) is 1.24. The molecule has 0 bridgehead atoms. The topological polar surface area (TPSA) is 49.8 Å². The van der Waals surface area contributed by atoms with Gasteiger partial charge in [0.1, 0.15) is 0 Å². The van der Waals surface area contributed by atoms with Gasteiger partial charge in [-0.15, -0.1) is 0 Å². The van der Waals surface area contributed by atoms with E-state index in [0.29, 0.717) is 12.5 Å². The Morgan fingerprint density at radius 2 is 2.29 bits per heavy atom. The van der Waals surface area contributed by atoms with Gasteiger partial charge in [-0.25, -0.2) is 4.79 Å². The molecule has 1 aliphatic rings. The standard InChI is InChI=1S/C10H19NO3/c1-2-3-6-14-10(13)11-7-9(8-11)4-5-12/h9,12H,2-8H2,1H3. The van der Waals surface area contributed by atoms with E-state index in [0.717, 1.165) is 32.4 Å². The van der Waals surface area contributed by atoms with Gasteiger partial charge in [0.05, 0.1) is 6.61 Å². The van der Waals surface area contributed by atoms with E-state index in [2.05, 4.69) is 6.92 Å². The van der Waals surface area contributed by atoms with Gasteiger partial charge in [-0.05, 0) is 18.8 Å². The molecule has 0 saturated carbocycles. The van der Waals surface area contributed by atoms with Crippen LogP contribution in [0.25, 0.3) is 0 Å². The molecule has 1 heterocycles. The highest BCUT2D eigenvalue weighted by atomic mass is 16.6. The molecule has 1 saturated heterocycles. The zero-order valence-electron chi connectivity index (χ0n) is 8.74. The number of ether oxygens (including phenoxy) is 1. The van der Waals surface area contributed by atoms with E-state index in [1.54, 1.807) is 4.90 Å². The second-order valence-electron chi connectivity index (χ2n) is 3.75. The second kappa shape index (κ2) is 5.86. The van der Waals surface area contributed by atoms with Gasteiger partial charge in [0.25, 0.3) is 0 Å². The highest BCUT2D eigenvalue weighted by Gasteiger charge is 2.30. The fraction of sp³-hybridized carbons (Fsp3) is 0.900. The number of nitrogens with zero attached hydrogens (tertiary/aromatic N) is 1. The molecule has 0 atom stereocenters. The van der Waals surface area contributed by atoms with Crippen LogP contribution in [0.2, 0.25) is 0 Å². The van der Waals surface area contributed by atoms with Crippen LogP contribution in [0.3, 0.4) is 0 Å². The van der Waals surface area contributed by atoms with Gasteiger partial charge >= 0.3 is 6.09 Å². The molecule has 1 fully saturated rings. The molecule has 0 aromatic rings. The average Bonchev–Trinajstić information content (AvgIpc) is 2.10. The summed E-state index contributed by atoms with van der Waals surface area (Å²) in [6, 6.07) is 0. The molecule has 0 aromatic heterocycles. The van der Waals surface area contributed by atoms with Crippen molar-refractivity contribution in [2.45, 2.75) is 26.2 Å². The van der Waals surface area contributed by atoms with E-state index in [1.165, 1.54) is 0 Å². The quantitative estimate of drug-likeness (QED) is 0.681. The van der Waals surface area contributed by atoms with Crippen molar-refractivity contribution in [2.75, 3.05) is 26.3 Å². The number of aliphatic hydroxyl groups excluding tert-OH is 1. The van der Waals surface area contributed by atoms with E-state index >= 15 is 0 Å². The van der Waals surface area contributed by atoms with Gasteiger partial charge in [0.2, 0.25) is 0 Å². The van der Waals surface area contributed by atoms with Gasteiger partial charge in [0, 0.05) is 19.7 Å².